The minimum absolute atomic E-state index is 0.788. The van der Waals surface area contributed by atoms with Crippen molar-refractivity contribution in [2.75, 3.05) is 6.61 Å². The molecule has 0 aliphatic carbocycles. The number of hydrogen-bond donors (Lipinski definition) is 0. The summed E-state index contributed by atoms with van der Waals surface area (Å²) in [6.45, 7) is 3.81. The fourth-order valence-corrected chi connectivity index (χ4v) is 1.21. The molecule has 0 saturated heterocycles. The minimum atomic E-state index is 0.788. The van der Waals surface area contributed by atoms with Gasteiger partial charge in [-0.2, -0.15) is 5.10 Å². The Hall–Kier alpha value is -0.990. The van der Waals surface area contributed by atoms with Crippen LogP contribution in [0.5, 0.6) is 5.88 Å². The largest absolute Gasteiger partial charge is 0.476 e. The summed E-state index contributed by atoms with van der Waals surface area (Å²) >= 11 is 0. The van der Waals surface area contributed by atoms with Crippen LogP contribution in [0.4, 0.5) is 0 Å². The second kappa shape index (κ2) is 2.01. The van der Waals surface area contributed by atoms with Gasteiger partial charge >= 0.3 is 0 Å². The molecule has 0 spiro atoms. The molecule has 1 aromatic heterocycles. The van der Waals surface area contributed by atoms with Gasteiger partial charge in [-0.05, 0) is 6.42 Å². The monoisotopic (exact) mass is 138 g/mol. The predicted molar refractivity (Wildman–Crippen MR) is 37.1 cm³/mol. The normalized spacial score (nSPS) is 14.9. The number of fused-ring (bicyclic) bond motifs is 1. The Morgan fingerprint density at radius 2 is 2.70 bits per heavy atom. The van der Waals surface area contributed by atoms with Crippen molar-refractivity contribution in [3.63, 3.8) is 0 Å². The van der Waals surface area contributed by atoms with E-state index >= 15 is 0 Å². The Balaban J connectivity index is 2.44. The molecule has 1 aromatic rings. The van der Waals surface area contributed by atoms with E-state index in [0.717, 1.165) is 25.5 Å². The molecule has 0 amide bonds. The number of aromatic nitrogens is 2. The van der Waals surface area contributed by atoms with E-state index in [4.69, 9.17) is 4.74 Å². The summed E-state index contributed by atoms with van der Waals surface area (Å²) in [6.07, 6.45) is 2.89. The highest BCUT2D eigenvalue weighted by Gasteiger charge is 2.15. The lowest BCUT2D eigenvalue weighted by Crippen LogP contribution is -1.93. The summed E-state index contributed by atoms with van der Waals surface area (Å²) in [5.74, 6) is 0.975. The molecule has 1 aliphatic heterocycles. The first kappa shape index (κ1) is 5.77. The van der Waals surface area contributed by atoms with Gasteiger partial charge in [0.15, 0.2) is 0 Å². The van der Waals surface area contributed by atoms with E-state index in [1.165, 1.54) is 5.56 Å². The van der Waals surface area contributed by atoms with Crippen LogP contribution >= 0.6 is 0 Å². The maximum absolute atomic E-state index is 5.36. The average molecular weight is 138 g/mol. The van der Waals surface area contributed by atoms with Gasteiger partial charge in [0.05, 0.1) is 12.7 Å². The number of rotatable bonds is 1. The molecular weight excluding hydrogens is 128 g/mol. The third-order valence-corrected chi connectivity index (χ3v) is 1.78. The Bertz CT molecular complexity index is 242. The molecule has 3 nitrogen and oxygen atoms in total. The van der Waals surface area contributed by atoms with Crippen molar-refractivity contribution in [1.82, 2.24) is 9.78 Å². The summed E-state index contributed by atoms with van der Waals surface area (Å²) in [5.41, 5.74) is 1.22. The fourth-order valence-electron chi connectivity index (χ4n) is 1.21. The van der Waals surface area contributed by atoms with E-state index in [2.05, 4.69) is 12.0 Å². The molecule has 0 bridgehead atoms. The number of nitrogens with zero attached hydrogens (tertiary/aromatic N) is 2. The van der Waals surface area contributed by atoms with Gasteiger partial charge in [0.2, 0.25) is 5.88 Å². The van der Waals surface area contributed by atoms with Crippen LogP contribution in [0.2, 0.25) is 0 Å². The lowest BCUT2D eigenvalue weighted by molar-refractivity contribution is 0.353. The molecule has 0 atom stereocenters. The maximum atomic E-state index is 5.36. The topological polar surface area (TPSA) is 27.1 Å². The van der Waals surface area contributed by atoms with E-state index in [-0.39, 0.29) is 0 Å². The van der Waals surface area contributed by atoms with Crippen LogP contribution in [0, 0.1) is 0 Å². The lowest BCUT2D eigenvalue weighted by atomic mass is 10.3. The Morgan fingerprint density at radius 1 is 1.80 bits per heavy atom. The summed E-state index contributed by atoms with van der Waals surface area (Å²) in [5, 5.41) is 4.16. The number of ether oxygens (including phenoxy) is 1. The van der Waals surface area contributed by atoms with Gasteiger partial charge < -0.3 is 4.74 Å². The van der Waals surface area contributed by atoms with Crippen molar-refractivity contribution in [3.05, 3.63) is 11.8 Å². The summed E-state index contributed by atoms with van der Waals surface area (Å²) in [7, 11) is 0. The molecule has 0 unspecified atom stereocenters. The van der Waals surface area contributed by atoms with Gasteiger partial charge in [-0.3, -0.25) is 0 Å². The second-order valence-electron chi connectivity index (χ2n) is 2.40. The molecule has 1 aliphatic rings. The van der Waals surface area contributed by atoms with Crippen LogP contribution in [0.1, 0.15) is 12.5 Å². The third kappa shape index (κ3) is 0.632. The van der Waals surface area contributed by atoms with Crippen molar-refractivity contribution in [1.29, 1.82) is 0 Å². The van der Waals surface area contributed by atoms with Crippen molar-refractivity contribution >= 4 is 0 Å². The highest BCUT2D eigenvalue weighted by Crippen LogP contribution is 2.22. The van der Waals surface area contributed by atoms with Crippen LogP contribution in [0.3, 0.4) is 0 Å². The molecule has 0 saturated carbocycles. The van der Waals surface area contributed by atoms with Crippen LogP contribution in [-0.2, 0) is 13.0 Å². The fraction of sp³-hybridized carbons (Fsp3) is 0.571. The lowest BCUT2D eigenvalue weighted by Gasteiger charge is -1.94. The molecule has 0 fully saturated rings. The molecule has 54 valence electrons. The molecule has 2 heterocycles. The molecule has 0 aromatic carbocycles. The Kier molecular flexibility index (Phi) is 1.16. The van der Waals surface area contributed by atoms with E-state index in [9.17, 15) is 0 Å². The van der Waals surface area contributed by atoms with Crippen LogP contribution in [0.25, 0.3) is 0 Å². The quantitative estimate of drug-likeness (QED) is 0.575. The van der Waals surface area contributed by atoms with Crippen molar-refractivity contribution in [3.8, 4) is 5.88 Å². The minimum Gasteiger partial charge on any atom is -0.476 e. The molecule has 0 radical (unpaired) electrons. The predicted octanol–water partition coefficient (Wildman–Crippen LogP) is 0.838. The van der Waals surface area contributed by atoms with Gasteiger partial charge in [-0.25, -0.2) is 4.68 Å². The van der Waals surface area contributed by atoms with Gasteiger partial charge in [0.25, 0.3) is 0 Å². The van der Waals surface area contributed by atoms with Gasteiger partial charge in [0, 0.05) is 5.56 Å². The zero-order valence-corrected chi connectivity index (χ0v) is 6.00. The van der Waals surface area contributed by atoms with Crippen molar-refractivity contribution in [2.24, 2.45) is 0 Å². The number of hydrogen-bond acceptors (Lipinski definition) is 2. The average Bonchev–Trinajstić information content (AvgIpc) is 2.44. The van der Waals surface area contributed by atoms with E-state index < -0.39 is 0 Å². The first-order valence-electron chi connectivity index (χ1n) is 3.59. The third-order valence-electron chi connectivity index (χ3n) is 1.78. The first-order chi connectivity index (χ1) is 4.92. The Morgan fingerprint density at radius 3 is 3.50 bits per heavy atom. The van der Waals surface area contributed by atoms with Gasteiger partial charge in [-0.1, -0.05) is 6.92 Å². The molecule has 10 heavy (non-hydrogen) atoms. The second-order valence-corrected chi connectivity index (χ2v) is 2.40. The summed E-state index contributed by atoms with van der Waals surface area (Å²) < 4.78 is 7.28. The highest BCUT2D eigenvalue weighted by molar-refractivity contribution is 5.25. The Labute approximate surface area is 59.6 Å². The highest BCUT2D eigenvalue weighted by atomic mass is 16.5. The molecule has 0 N–H and O–H groups in total. The standard InChI is InChI=1S/C7H10N2O/c1-2-6-5-8-9-3-4-10-7(6)9/h5H,2-4H2,1H3. The summed E-state index contributed by atoms with van der Waals surface area (Å²) in [4.78, 5) is 0. The molecular formula is C7H10N2O. The SMILES string of the molecule is CCc1cnn2c1OCC2. The van der Waals surface area contributed by atoms with E-state index in [0.29, 0.717) is 0 Å². The first-order valence-corrected chi connectivity index (χ1v) is 3.59. The van der Waals surface area contributed by atoms with Crippen LogP contribution in [0.15, 0.2) is 6.20 Å². The van der Waals surface area contributed by atoms with Crippen LogP contribution in [-0.4, -0.2) is 16.4 Å². The van der Waals surface area contributed by atoms with Crippen molar-refractivity contribution in [2.45, 2.75) is 19.9 Å². The van der Waals surface area contributed by atoms with Gasteiger partial charge in [0.1, 0.15) is 6.61 Å². The smallest absolute Gasteiger partial charge is 0.215 e. The van der Waals surface area contributed by atoms with Crippen LogP contribution < -0.4 is 4.74 Å². The zero-order valence-electron chi connectivity index (χ0n) is 6.00. The molecule has 3 heteroatoms. The maximum Gasteiger partial charge on any atom is 0.215 e. The van der Waals surface area contributed by atoms with Crippen molar-refractivity contribution < 1.29 is 4.74 Å². The zero-order chi connectivity index (χ0) is 6.97. The number of aryl methyl sites for hydroxylation is 1. The van der Waals surface area contributed by atoms with E-state index in [1.54, 1.807) is 0 Å². The molecule has 2 rings (SSSR count). The summed E-state index contributed by atoms with van der Waals surface area (Å²) in [6, 6.07) is 0. The van der Waals surface area contributed by atoms with E-state index in [1.807, 2.05) is 10.9 Å². The van der Waals surface area contributed by atoms with Gasteiger partial charge in [-0.15, -0.1) is 0 Å².